The van der Waals surface area contributed by atoms with Crippen LogP contribution in [0.1, 0.15) is 54.7 Å². The van der Waals surface area contributed by atoms with Crippen LogP contribution >= 0.6 is 0 Å². The molecule has 1 amide bonds. The standard InChI is InChI=1S/C27H30N2O5/c1-6-33-24-14-12-19(26(30)28-23-16-21(29(31)32)13-11-18(23)2)15-20(24)17-34-25-10-8-7-9-22(25)27(3,4)5/h7-16H,6,17H2,1-5H3,(H,28,30). The number of hydrogen-bond donors (Lipinski definition) is 1. The largest absolute Gasteiger partial charge is 0.493 e. The third-order valence-corrected chi connectivity index (χ3v) is 5.38. The van der Waals surface area contributed by atoms with E-state index in [4.69, 9.17) is 9.47 Å². The van der Waals surface area contributed by atoms with Crippen molar-refractivity contribution in [1.82, 2.24) is 0 Å². The number of non-ortho nitro benzene ring substituents is 1. The van der Waals surface area contributed by atoms with Crippen molar-refractivity contribution in [2.45, 2.75) is 46.6 Å². The van der Waals surface area contributed by atoms with Crippen molar-refractivity contribution in [3.8, 4) is 11.5 Å². The molecule has 0 aromatic heterocycles. The fourth-order valence-electron chi connectivity index (χ4n) is 3.55. The highest BCUT2D eigenvalue weighted by atomic mass is 16.6. The first-order valence-electron chi connectivity index (χ1n) is 11.1. The zero-order valence-electron chi connectivity index (χ0n) is 20.2. The first kappa shape index (κ1) is 24.8. The molecule has 0 fully saturated rings. The van der Waals surface area contributed by atoms with Crippen LogP contribution in [-0.4, -0.2) is 17.4 Å². The van der Waals surface area contributed by atoms with E-state index in [0.29, 0.717) is 23.6 Å². The summed E-state index contributed by atoms with van der Waals surface area (Å²) in [5.41, 5.74) is 3.17. The van der Waals surface area contributed by atoms with E-state index >= 15 is 0 Å². The summed E-state index contributed by atoms with van der Waals surface area (Å²) in [5, 5.41) is 13.9. The second kappa shape index (κ2) is 10.4. The molecule has 0 aliphatic heterocycles. The van der Waals surface area contributed by atoms with Crippen LogP contribution in [0.3, 0.4) is 0 Å². The molecule has 7 nitrogen and oxygen atoms in total. The van der Waals surface area contributed by atoms with Gasteiger partial charge in [0.25, 0.3) is 11.6 Å². The molecule has 0 radical (unpaired) electrons. The van der Waals surface area contributed by atoms with Gasteiger partial charge in [0.05, 0.1) is 17.2 Å². The highest BCUT2D eigenvalue weighted by Crippen LogP contribution is 2.32. The molecule has 3 rings (SSSR count). The Balaban J connectivity index is 1.86. The number of nitrogens with zero attached hydrogens (tertiary/aromatic N) is 1. The van der Waals surface area contributed by atoms with Gasteiger partial charge in [-0.2, -0.15) is 0 Å². The molecule has 0 aliphatic carbocycles. The maximum Gasteiger partial charge on any atom is 0.271 e. The van der Waals surface area contributed by atoms with E-state index < -0.39 is 4.92 Å². The Morgan fingerprint density at radius 1 is 1.00 bits per heavy atom. The van der Waals surface area contributed by atoms with Gasteiger partial charge in [-0.05, 0) is 54.7 Å². The summed E-state index contributed by atoms with van der Waals surface area (Å²) in [6.45, 7) is 10.8. The van der Waals surface area contributed by atoms with Crippen LogP contribution in [0.25, 0.3) is 0 Å². The van der Waals surface area contributed by atoms with Crippen LogP contribution in [0.15, 0.2) is 60.7 Å². The van der Waals surface area contributed by atoms with Gasteiger partial charge in [0.1, 0.15) is 18.1 Å². The number of aryl methyl sites for hydroxylation is 1. The van der Waals surface area contributed by atoms with Gasteiger partial charge in [0.2, 0.25) is 0 Å². The van der Waals surface area contributed by atoms with Crippen molar-refractivity contribution in [1.29, 1.82) is 0 Å². The molecule has 0 saturated carbocycles. The fraction of sp³-hybridized carbons (Fsp3) is 0.296. The van der Waals surface area contributed by atoms with Crippen LogP contribution in [0, 0.1) is 17.0 Å². The lowest BCUT2D eigenvalue weighted by molar-refractivity contribution is -0.384. The van der Waals surface area contributed by atoms with Crippen LogP contribution in [0.5, 0.6) is 11.5 Å². The Labute approximate surface area is 199 Å². The molecule has 0 heterocycles. The molecule has 7 heteroatoms. The van der Waals surface area contributed by atoms with Gasteiger partial charge in [-0.25, -0.2) is 0 Å². The SMILES string of the molecule is CCOc1ccc(C(=O)Nc2cc([N+](=O)[O-])ccc2C)cc1COc1ccccc1C(C)(C)C. The molecular weight excluding hydrogens is 432 g/mol. The number of ether oxygens (including phenoxy) is 2. The van der Waals surface area contributed by atoms with E-state index in [1.807, 2.05) is 31.2 Å². The highest BCUT2D eigenvalue weighted by Gasteiger charge is 2.19. The van der Waals surface area contributed by atoms with E-state index in [2.05, 4.69) is 26.1 Å². The van der Waals surface area contributed by atoms with Gasteiger partial charge in [-0.1, -0.05) is 45.0 Å². The quantitative estimate of drug-likeness (QED) is 0.308. The Morgan fingerprint density at radius 3 is 2.41 bits per heavy atom. The molecule has 1 N–H and O–H groups in total. The Kier molecular flexibility index (Phi) is 7.56. The molecule has 3 aromatic rings. The molecule has 0 unspecified atom stereocenters. The van der Waals surface area contributed by atoms with E-state index in [1.165, 1.54) is 12.1 Å². The summed E-state index contributed by atoms with van der Waals surface area (Å²) in [5.74, 6) is 1.04. The Hall–Kier alpha value is -3.87. The first-order valence-corrected chi connectivity index (χ1v) is 11.1. The highest BCUT2D eigenvalue weighted by molar-refractivity contribution is 6.05. The van der Waals surface area contributed by atoms with E-state index in [1.54, 1.807) is 31.2 Å². The van der Waals surface area contributed by atoms with Gasteiger partial charge >= 0.3 is 0 Å². The van der Waals surface area contributed by atoms with Crippen LogP contribution in [-0.2, 0) is 12.0 Å². The predicted octanol–water partition coefficient (Wildman–Crippen LogP) is 6.43. The lowest BCUT2D eigenvalue weighted by atomic mass is 9.86. The summed E-state index contributed by atoms with van der Waals surface area (Å²) in [7, 11) is 0. The summed E-state index contributed by atoms with van der Waals surface area (Å²) >= 11 is 0. The van der Waals surface area contributed by atoms with Gasteiger partial charge < -0.3 is 14.8 Å². The minimum absolute atomic E-state index is 0.0841. The van der Waals surface area contributed by atoms with Crippen LogP contribution in [0.4, 0.5) is 11.4 Å². The number of para-hydroxylation sites is 1. The summed E-state index contributed by atoms with van der Waals surface area (Å²) in [6.07, 6.45) is 0. The van der Waals surface area contributed by atoms with Crippen LogP contribution in [0.2, 0.25) is 0 Å². The lowest BCUT2D eigenvalue weighted by Crippen LogP contribution is -2.15. The second-order valence-corrected chi connectivity index (χ2v) is 9.00. The zero-order valence-corrected chi connectivity index (χ0v) is 20.2. The lowest BCUT2D eigenvalue weighted by Gasteiger charge is -2.23. The van der Waals surface area contributed by atoms with E-state index in [-0.39, 0.29) is 23.6 Å². The molecule has 0 saturated heterocycles. The van der Waals surface area contributed by atoms with E-state index in [0.717, 1.165) is 22.4 Å². The number of benzene rings is 3. The summed E-state index contributed by atoms with van der Waals surface area (Å²) in [4.78, 5) is 23.6. The molecule has 3 aromatic carbocycles. The summed E-state index contributed by atoms with van der Waals surface area (Å²) in [6, 6.07) is 17.4. The maximum absolute atomic E-state index is 13.0. The number of nitrogens with one attached hydrogen (secondary N) is 1. The van der Waals surface area contributed by atoms with Crippen LogP contribution < -0.4 is 14.8 Å². The number of nitro benzene ring substituents is 1. The third-order valence-electron chi connectivity index (χ3n) is 5.38. The average Bonchev–Trinajstić information content (AvgIpc) is 2.79. The number of amides is 1. The molecule has 0 spiro atoms. The average molecular weight is 463 g/mol. The van der Waals surface area contributed by atoms with Gasteiger partial charge in [-0.15, -0.1) is 0 Å². The Bertz CT molecular complexity index is 1200. The number of rotatable bonds is 8. The maximum atomic E-state index is 13.0. The topological polar surface area (TPSA) is 90.7 Å². The van der Waals surface area contributed by atoms with Crippen molar-refractivity contribution >= 4 is 17.3 Å². The van der Waals surface area contributed by atoms with Gasteiger partial charge in [-0.3, -0.25) is 14.9 Å². The third kappa shape index (κ3) is 5.92. The monoisotopic (exact) mass is 462 g/mol. The second-order valence-electron chi connectivity index (χ2n) is 9.00. The zero-order chi connectivity index (χ0) is 24.9. The number of carbonyl (C=O) groups excluding carboxylic acids is 1. The fourth-order valence-corrected chi connectivity index (χ4v) is 3.55. The Morgan fingerprint density at radius 2 is 1.74 bits per heavy atom. The molecule has 0 aliphatic rings. The van der Waals surface area contributed by atoms with Gasteiger partial charge in [0, 0.05) is 23.3 Å². The summed E-state index contributed by atoms with van der Waals surface area (Å²) < 4.78 is 11.9. The number of hydrogen-bond acceptors (Lipinski definition) is 5. The van der Waals surface area contributed by atoms with Crippen molar-refractivity contribution in [3.05, 3.63) is 93.0 Å². The minimum atomic E-state index is -0.489. The molecular formula is C27H30N2O5. The smallest absolute Gasteiger partial charge is 0.271 e. The molecule has 0 bridgehead atoms. The van der Waals surface area contributed by atoms with Crippen molar-refractivity contribution in [2.75, 3.05) is 11.9 Å². The van der Waals surface area contributed by atoms with E-state index in [9.17, 15) is 14.9 Å². The molecule has 0 atom stereocenters. The van der Waals surface area contributed by atoms with Crippen molar-refractivity contribution < 1.29 is 19.2 Å². The molecule has 178 valence electrons. The van der Waals surface area contributed by atoms with Crippen molar-refractivity contribution in [3.63, 3.8) is 0 Å². The normalized spacial score (nSPS) is 11.1. The van der Waals surface area contributed by atoms with Crippen molar-refractivity contribution in [2.24, 2.45) is 0 Å². The number of anilines is 1. The minimum Gasteiger partial charge on any atom is -0.493 e. The molecule has 34 heavy (non-hydrogen) atoms. The number of carbonyl (C=O) groups is 1. The number of nitro groups is 1. The first-order chi connectivity index (χ1) is 16.1. The van der Waals surface area contributed by atoms with Gasteiger partial charge in [0.15, 0.2) is 0 Å². The predicted molar refractivity (Wildman–Crippen MR) is 133 cm³/mol.